The van der Waals surface area contributed by atoms with Crippen LogP contribution < -0.4 is 20.9 Å². The lowest BCUT2D eigenvalue weighted by Crippen LogP contribution is -2.49. The van der Waals surface area contributed by atoms with Crippen LogP contribution >= 0.6 is 0 Å². The van der Waals surface area contributed by atoms with Crippen LogP contribution in [-0.4, -0.2) is 66.4 Å². The molecule has 0 bridgehead atoms. The average Bonchev–Trinajstić information content (AvgIpc) is 2.82. The molecule has 0 saturated carbocycles. The van der Waals surface area contributed by atoms with Crippen molar-refractivity contribution in [2.45, 2.75) is 6.42 Å². The molecule has 1 saturated heterocycles. The fraction of sp³-hybridized carbons (Fsp3) is 0.455. The Morgan fingerprint density at radius 3 is 2.47 bits per heavy atom. The smallest absolute Gasteiger partial charge is 0.341 e. The maximum Gasteiger partial charge on any atom is 0.341 e. The van der Waals surface area contributed by atoms with Crippen LogP contribution in [0.25, 0.3) is 0 Å². The lowest BCUT2D eigenvalue weighted by Gasteiger charge is -2.36. The van der Waals surface area contributed by atoms with E-state index in [0.29, 0.717) is 36.8 Å². The van der Waals surface area contributed by atoms with Gasteiger partial charge in [0.15, 0.2) is 0 Å². The summed E-state index contributed by atoms with van der Waals surface area (Å²) >= 11 is 0. The zero-order valence-electron chi connectivity index (χ0n) is 18.5. The number of nitriles is 1. The first-order valence-corrected chi connectivity index (χ1v) is 10.4. The van der Waals surface area contributed by atoms with Crippen LogP contribution in [0.3, 0.4) is 0 Å². The van der Waals surface area contributed by atoms with Gasteiger partial charge < -0.3 is 14.4 Å². The molecule has 1 aromatic carbocycles. The number of ether oxygens (including phenoxy) is 2. The van der Waals surface area contributed by atoms with E-state index < -0.39 is 5.97 Å². The van der Waals surface area contributed by atoms with Crippen LogP contribution in [0.2, 0.25) is 0 Å². The lowest BCUT2D eigenvalue weighted by atomic mass is 10.1. The molecule has 1 fully saturated rings. The largest absolute Gasteiger partial charge is 0.493 e. The van der Waals surface area contributed by atoms with Crippen molar-refractivity contribution in [1.29, 1.82) is 5.26 Å². The summed E-state index contributed by atoms with van der Waals surface area (Å²) in [4.78, 5) is 40.4. The molecule has 170 valence electrons. The predicted molar refractivity (Wildman–Crippen MR) is 118 cm³/mol. The molecule has 0 spiro atoms. The van der Waals surface area contributed by atoms with E-state index in [1.54, 1.807) is 19.2 Å². The van der Waals surface area contributed by atoms with Crippen LogP contribution in [-0.2, 0) is 18.8 Å². The van der Waals surface area contributed by atoms with Crippen LogP contribution in [0.15, 0.2) is 33.9 Å². The molecule has 0 amide bonds. The lowest BCUT2D eigenvalue weighted by molar-refractivity contribution is 0.0595. The second-order valence-corrected chi connectivity index (χ2v) is 7.59. The third-order valence-corrected chi connectivity index (χ3v) is 5.59. The van der Waals surface area contributed by atoms with Crippen LogP contribution in [0.5, 0.6) is 5.75 Å². The maximum atomic E-state index is 12.2. The van der Waals surface area contributed by atoms with Gasteiger partial charge in [-0.2, -0.15) is 5.26 Å². The van der Waals surface area contributed by atoms with E-state index >= 15 is 0 Å². The highest BCUT2D eigenvalue weighted by Gasteiger charge is 2.20. The number of nitrogens with zero attached hydrogens (tertiary/aromatic N) is 5. The number of carbonyl (C=O) groups is 1. The molecule has 0 N–H and O–H groups in total. The quantitative estimate of drug-likeness (QED) is 0.447. The number of hydrogen-bond donors (Lipinski definition) is 0. The summed E-state index contributed by atoms with van der Waals surface area (Å²) in [6.45, 7) is 4.25. The van der Waals surface area contributed by atoms with Gasteiger partial charge in [0.25, 0.3) is 5.56 Å². The standard InChI is InChI=1S/C22H27N5O5/c1-24-19(14-20(28)25(2)22(24)30)27-10-8-26(9-11-27)7-4-12-32-18-6-5-16(15-23)13-17(18)21(29)31-3/h5-6,13-14H,4,7-12H2,1-3H3. The number of benzene rings is 1. The third kappa shape index (κ3) is 5.00. The van der Waals surface area contributed by atoms with E-state index in [-0.39, 0.29) is 16.8 Å². The zero-order valence-corrected chi connectivity index (χ0v) is 18.5. The predicted octanol–water partition coefficient (Wildman–Crippen LogP) is 0.333. The molecule has 1 aliphatic rings. The molecule has 10 nitrogen and oxygen atoms in total. The van der Waals surface area contributed by atoms with Gasteiger partial charge in [0.05, 0.1) is 25.3 Å². The Bertz CT molecular complexity index is 1140. The van der Waals surface area contributed by atoms with Gasteiger partial charge in [0.1, 0.15) is 17.1 Å². The topological polar surface area (TPSA) is 110 Å². The number of anilines is 1. The van der Waals surface area contributed by atoms with Gasteiger partial charge >= 0.3 is 11.7 Å². The van der Waals surface area contributed by atoms with Crippen molar-refractivity contribution >= 4 is 11.8 Å². The van der Waals surface area contributed by atoms with E-state index in [9.17, 15) is 14.4 Å². The SMILES string of the molecule is COC(=O)c1cc(C#N)ccc1OCCCN1CCN(c2cc(=O)n(C)c(=O)n2C)CC1. The molecule has 0 atom stereocenters. The average molecular weight is 441 g/mol. The van der Waals surface area contributed by atoms with Crippen molar-refractivity contribution in [2.75, 3.05) is 51.3 Å². The minimum absolute atomic E-state index is 0.236. The highest BCUT2D eigenvalue weighted by Crippen LogP contribution is 2.21. The molecule has 32 heavy (non-hydrogen) atoms. The van der Waals surface area contributed by atoms with E-state index in [4.69, 9.17) is 14.7 Å². The van der Waals surface area contributed by atoms with Gasteiger partial charge in [-0.3, -0.25) is 18.8 Å². The maximum absolute atomic E-state index is 12.2. The van der Waals surface area contributed by atoms with Crippen molar-refractivity contribution in [3.05, 3.63) is 56.2 Å². The second-order valence-electron chi connectivity index (χ2n) is 7.59. The van der Waals surface area contributed by atoms with Crippen molar-refractivity contribution in [3.63, 3.8) is 0 Å². The van der Waals surface area contributed by atoms with Crippen LogP contribution in [0.4, 0.5) is 5.82 Å². The number of esters is 1. The molecule has 10 heteroatoms. The normalized spacial score (nSPS) is 14.1. The molecule has 1 aliphatic heterocycles. The second kappa shape index (κ2) is 10.2. The first kappa shape index (κ1) is 23.1. The van der Waals surface area contributed by atoms with Crippen molar-refractivity contribution in [3.8, 4) is 11.8 Å². The number of rotatable bonds is 7. The molecule has 0 radical (unpaired) electrons. The van der Waals surface area contributed by atoms with Gasteiger partial charge in [-0.05, 0) is 24.6 Å². The Balaban J connectivity index is 1.51. The Hall–Kier alpha value is -3.58. The number of piperazine rings is 1. The summed E-state index contributed by atoms with van der Waals surface area (Å²) in [6.07, 6.45) is 0.755. The van der Waals surface area contributed by atoms with Crippen LogP contribution in [0.1, 0.15) is 22.3 Å². The van der Waals surface area contributed by atoms with Crippen molar-refractivity contribution in [2.24, 2.45) is 14.1 Å². The summed E-state index contributed by atoms with van der Waals surface area (Å²) in [5.74, 6) is 0.489. The summed E-state index contributed by atoms with van der Waals surface area (Å²) < 4.78 is 13.1. The van der Waals surface area contributed by atoms with Gasteiger partial charge in [-0.1, -0.05) is 0 Å². The number of aromatic nitrogens is 2. The first-order valence-electron chi connectivity index (χ1n) is 10.4. The Morgan fingerprint density at radius 1 is 1.09 bits per heavy atom. The number of hydrogen-bond acceptors (Lipinski definition) is 8. The molecular formula is C22H27N5O5. The number of methoxy groups -OCH3 is 1. The fourth-order valence-electron chi connectivity index (χ4n) is 3.69. The minimum atomic E-state index is -0.543. The Labute approximate surface area is 185 Å². The van der Waals surface area contributed by atoms with E-state index in [1.165, 1.54) is 30.9 Å². The zero-order chi connectivity index (χ0) is 23.3. The van der Waals surface area contributed by atoms with Crippen molar-refractivity contribution < 1.29 is 14.3 Å². The molecule has 0 unspecified atom stereocenters. The minimum Gasteiger partial charge on any atom is -0.493 e. The summed E-state index contributed by atoms with van der Waals surface area (Å²) in [7, 11) is 4.43. The van der Waals surface area contributed by atoms with Crippen LogP contribution in [0, 0.1) is 11.3 Å². The Morgan fingerprint density at radius 2 is 1.81 bits per heavy atom. The molecule has 1 aromatic heterocycles. The van der Waals surface area contributed by atoms with Gasteiger partial charge in [-0.25, -0.2) is 9.59 Å². The fourth-order valence-corrected chi connectivity index (χ4v) is 3.69. The number of carbonyl (C=O) groups excluding carboxylic acids is 1. The van der Waals surface area contributed by atoms with E-state index in [2.05, 4.69) is 9.80 Å². The third-order valence-electron chi connectivity index (χ3n) is 5.59. The highest BCUT2D eigenvalue weighted by molar-refractivity contribution is 5.92. The van der Waals surface area contributed by atoms with E-state index in [0.717, 1.165) is 30.6 Å². The first-order chi connectivity index (χ1) is 15.3. The Kier molecular flexibility index (Phi) is 7.33. The molecule has 0 aliphatic carbocycles. The van der Waals surface area contributed by atoms with E-state index in [1.807, 2.05) is 6.07 Å². The molecular weight excluding hydrogens is 414 g/mol. The van der Waals surface area contributed by atoms with Gasteiger partial charge in [-0.15, -0.1) is 0 Å². The van der Waals surface area contributed by atoms with Gasteiger partial charge in [0, 0.05) is 52.9 Å². The monoisotopic (exact) mass is 441 g/mol. The summed E-state index contributed by atoms with van der Waals surface area (Å²) in [5.41, 5.74) is -0.0396. The summed E-state index contributed by atoms with van der Waals surface area (Å²) in [6, 6.07) is 8.18. The molecule has 3 rings (SSSR count). The molecule has 2 heterocycles. The van der Waals surface area contributed by atoms with Gasteiger partial charge in [0.2, 0.25) is 0 Å². The molecule has 2 aromatic rings. The van der Waals surface area contributed by atoms with Crippen molar-refractivity contribution in [1.82, 2.24) is 14.0 Å². The summed E-state index contributed by atoms with van der Waals surface area (Å²) in [5, 5.41) is 9.03. The highest BCUT2D eigenvalue weighted by atomic mass is 16.5.